The van der Waals surface area contributed by atoms with Crippen molar-refractivity contribution in [3.63, 3.8) is 0 Å². The molecule has 0 unspecified atom stereocenters. The zero-order chi connectivity index (χ0) is 21.9. The lowest BCUT2D eigenvalue weighted by atomic mass is 10.1. The first kappa shape index (κ1) is 21.5. The summed E-state index contributed by atoms with van der Waals surface area (Å²) < 4.78 is 10.8. The number of urea groups is 1. The SMILES string of the molecule is N#CCc1ccc(OCc2cccc(NC(=O)NCCNC(=O)c3ccco3)c2)cc1. The molecule has 0 spiro atoms. The van der Waals surface area contributed by atoms with Gasteiger partial charge in [-0.1, -0.05) is 24.3 Å². The van der Waals surface area contributed by atoms with Crippen molar-refractivity contribution < 1.29 is 18.7 Å². The van der Waals surface area contributed by atoms with E-state index in [4.69, 9.17) is 14.4 Å². The van der Waals surface area contributed by atoms with Gasteiger partial charge in [-0.2, -0.15) is 5.26 Å². The number of nitrogens with zero attached hydrogens (tertiary/aromatic N) is 1. The van der Waals surface area contributed by atoms with Crippen LogP contribution in [0.15, 0.2) is 71.3 Å². The van der Waals surface area contributed by atoms with Crippen LogP contribution >= 0.6 is 0 Å². The maximum Gasteiger partial charge on any atom is 0.319 e. The van der Waals surface area contributed by atoms with E-state index in [1.807, 2.05) is 42.5 Å². The number of ether oxygens (including phenoxy) is 1. The molecule has 0 aliphatic carbocycles. The van der Waals surface area contributed by atoms with Gasteiger partial charge in [0.25, 0.3) is 5.91 Å². The first-order chi connectivity index (χ1) is 15.1. The molecule has 0 saturated heterocycles. The van der Waals surface area contributed by atoms with Crippen molar-refractivity contribution in [3.05, 3.63) is 83.8 Å². The van der Waals surface area contributed by atoms with Gasteiger partial charge in [-0.25, -0.2) is 4.79 Å². The van der Waals surface area contributed by atoms with E-state index in [1.165, 1.54) is 6.26 Å². The molecule has 0 aliphatic heterocycles. The van der Waals surface area contributed by atoms with Gasteiger partial charge in [0.2, 0.25) is 0 Å². The number of rotatable bonds is 9. The van der Waals surface area contributed by atoms with Gasteiger partial charge >= 0.3 is 6.03 Å². The lowest BCUT2D eigenvalue weighted by Crippen LogP contribution is -2.36. The molecular weight excluding hydrogens is 396 g/mol. The summed E-state index contributed by atoms with van der Waals surface area (Å²) in [6, 6.07) is 19.6. The molecule has 0 aliphatic rings. The van der Waals surface area contributed by atoms with Gasteiger partial charge in [0.15, 0.2) is 5.76 Å². The second-order valence-electron chi connectivity index (χ2n) is 6.58. The van der Waals surface area contributed by atoms with Crippen molar-refractivity contribution in [2.75, 3.05) is 18.4 Å². The molecule has 0 bridgehead atoms. The van der Waals surface area contributed by atoms with Gasteiger partial charge in [-0.3, -0.25) is 4.79 Å². The number of nitriles is 1. The van der Waals surface area contributed by atoms with Crippen LogP contribution in [0.2, 0.25) is 0 Å². The molecule has 1 aromatic heterocycles. The van der Waals surface area contributed by atoms with Crippen LogP contribution in [0.25, 0.3) is 0 Å². The standard InChI is InChI=1S/C23H22N4O4/c24-11-10-17-6-8-20(9-7-17)31-16-18-3-1-4-19(15-18)27-23(29)26-13-12-25-22(28)21-5-2-14-30-21/h1-9,14-15H,10,12-13,16H2,(H,25,28)(H2,26,27,29). The summed E-state index contributed by atoms with van der Waals surface area (Å²) in [6.45, 7) is 0.879. The smallest absolute Gasteiger partial charge is 0.319 e. The highest BCUT2D eigenvalue weighted by Crippen LogP contribution is 2.16. The third-order valence-electron chi connectivity index (χ3n) is 4.24. The van der Waals surface area contributed by atoms with Gasteiger partial charge in [-0.15, -0.1) is 0 Å². The van der Waals surface area contributed by atoms with Crippen molar-refractivity contribution in [1.82, 2.24) is 10.6 Å². The Kier molecular flexibility index (Phi) is 7.66. The first-order valence-electron chi connectivity index (χ1n) is 9.68. The average Bonchev–Trinajstić information content (AvgIpc) is 3.32. The lowest BCUT2D eigenvalue weighted by molar-refractivity contribution is 0.0926. The topological polar surface area (TPSA) is 116 Å². The fourth-order valence-corrected chi connectivity index (χ4v) is 2.72. The van der Waals surface area contributed by atoms with Crippen LogP contribution in [-0.4, -0.2) is 25.0 Å². The molecule has 0 radical (unpaired) electrons. The normalized spacial score (nSPS) is 10.0. The Hall–Kier alpha value is -4.25. The molecule has 3 N–H and O–H groups in total. The second-order valence-corrected chi connectivity index (χ2v) is 6.58. The highest BCUT2D eigenvalue weighted by Gasteiger charge is 2.07. The summed E-state index contributed by atoms with van der Waals surface area (Å²) >= 11 is 0. The number of furan rings is 1. The quantitative estimate of drug-likeness (QED) is 0.460. The van der Waals surface area contributed by atoms with E-state index < -0.39 is 0 Å². The predicted octanol–water partition coefficient (Wildman–Crippen LogP) is 3.48. The summed E-state index contributed by atoms with van der Waals surface area (Å²) in [5.74, 6) is 0.593. The average molecular weight is 418 g/mol. The van der Waals surface area contributed by atoms with Crippen molar-refractivity contribution in [3.8, 4) is 11.8 Å². The number of anilines is 1. The van der Waals surface area contributed by atoms with E-state index >= 15 is 0 Å². The van der Waals surface area contributed by atoms with Gasteiger partial charge in [0.05, 0.1) is 18.8 Å². The molecule has 8 heteroatoms. The molecule has 3 aromatic rings. The van der Waals surface area contributed by atoms with Gasteiger partial charge in [0.1, 0.15) is 12.4 Å². The van der Waals surface area contributed by atoms with Crippen molar-refractivity contribution in [2.24, 2.45) is 0 Å². The highest BCUT2D eigenvalue weighted by molar-refractivity contribution is 5.91. The van der Waals surface area contributed by atoms with Crippen LogP contribution < -0.4 is 20.7 Å². The monoisotopic (exact) mass is 418 g/mol. The molecule has 2 aromatic carbocycles. The minimum absolute atomic E-state index is 0.224. The lowest BCUT2D eigenvalue weighted by Gasteiger charge is -2.10. The van der Waals surface area contributed by atoms with E-state index in [-0.39, 0.29) is 30.8 Å². The third kappa shape index (κ3) is 6.94. The van der Waals surface area contributed by atoms with Crippen molar-refractivity contribution in [2.45, 2.75) is 13.0 Å². The van der Waals surface area contributed by atoms with Crippen LogP contribution in [-0.2, 0) is 13.0 Å². The number of carbonyl (C=O) groups is 2. The van der Waals surface area contributed by atoms with E-state index in [0.29, 0.717) is 24.5 Å². The van der Waals surface area contributed by atoms with Crippen LogP contribution in [0, 0.1) is 11.3 Å². The van der Waals surface area contributed by atoms with E-state index in [2.05, 4.69) is 22.0 Å². The van der Waals surface area contributed by atoms with E-state index in [1.54, 1.807) is 18.2 Å². The molecule has 31 heavy (non-hydrogen) atoms. The van der Waals surface area contributed by atoms with Crippen LogP contribution in [0.5, 0.6) is 5.75 Å². The van der Waals surface area contributed by atoms with Crippen molar-refractivity contribution in [1.29, 1.82) is 5.26 Å². The Morgan fingerprint density at radius 1 is 0.968 bits per heavy atom. The van der Waals surface area contributed by atoms with Gasteiger partial charge in [-0.05, 0) is 47.5 Å². The first-order valence-corrected chi connectivity index (χ1v) is 9.68. The number of hydrogen-bond donors (Lipinski definition) is 3. The molecule has 0 saturated carbocycles. The summed E-state index contributed by atoms with van der Waals surface area (Å²) in [6.07, 6.45) is 1.79. The maximum atomic E-state index is 12.1. The number of amides is 3. The van der Waals surface area contributed by atoms with Gasteiger partial charge in [0, 0.05) is 18.8 Å². The van der Waals surface area contributed by atoms with Crippen LogP contribution in [0.4, 0.5) is 10.5 Å². The Morgan fingerprint density at radius 3 is 2.52 bits per heavy atom. The predicted molar refractivity (Wildman–Crippen MR) is 115 cm³/mol. The zero-order valence-electron chi connectivity index (χ0n) is 16.8. The Labute approximate surface area is 179 Å². The molecule has 8 nitrogen and oxygen atoms in total. The Morgan fingerprint density at radius 2 is 1.77 bits per heavy atom. The number of nitrogens with one attached hydrogen (secondary N) is 3. The summed E-state index contributed by atoms with van der Waals surface area (Å²) in [5.41, 5.74) is 2.46. The highest BCUT2D eigenvalue weighted by atomic mass is 16.5. The molecule has 3 rings (SSSR count). The van der Waals surface area contributed by atoms with E-state index in [0.717, 1.165) is 11.1 Å². The molecular formula is C23H22N4O4. The molecule has 3 amide bonds. The molecule has 158 valence electrons. The number of benzene rings is 2. The largest absolute Gasteiger partial charge is 0.489 e. The Bertz CT molecular complexity index is 1040. The Balaban J connectivity index is 1.40. The molecule has 1 heterocycles. The number of carbonyl (C=O) groups excluding carboxylic acids is 2. The van der Waals surface area contributed by atoms with Crippen molar-refractivity contribution >= 4 is 17.6 Å². The summed E-state index contributed by atoms with van der Waals surface area (Å²) in [5, 5.41) is 16.8. The third-order valence-corrected chi connectivity index (χ3v) is 4.24. The maximum absolute atomic E-state index is 12.1. The van der Waals surface area contributed by atoms with Crippen LogP contribution in [0.1, 0.15) is 21.7 Å². The minimum Gasteiger partial charge on any atom is -0.489 e. The van der Waals surface area contributed by atoms with Crippen LogP contribution in [0.3, 0.4) is 0 Å². The summed E-state index contributed by atoms with van der Waals surface area (Å²) in [4.78, 5) is 23.8. The van der Waals surface area contributed by atoms with E-state index in [9.17, 15) is 9.59 Å². The fraction of sp³-hybridized carbons (Fsp3) is 0.174. The molecule has 0 fully saturated rings. The zero-order valence-corrected chi connectivity index (χ0v) is 16.8. The molecule has 0 atom stereocenters. The van der Waals surface area contributed by atoms with Gasteiger partial charge < -0.3 is 25.1 Å². The minimum atomic E-state index is -0.376. The summed E-state index contributed by atoms with van der Waals surface area (Å²) in [7, 11) is 0. The second kappa shape index (κ2) is 11.1. The fourth-order valence-electron chi connectivity index (χ4n) is 2.72. The number of hydrogen-bond acceptors (Lipinski definition) is 5.